The zero-order chi connectivity index (χ0) is 19.7. The zero-order valence-electron chi connectivity index (χ0n) is 14.9. The van der Waals surface area contributed by atoms with Crippen LogP contribution < -0.4 is 20.9 Å². The molecule has 1 aromatic carbocycles. The standard InChI is InChI=1S/C16H20BN3O7.ClH/c18-10(15(19)22)5-12(21)20-6-9(7-20)26-11-2-1-8-3-4-17(25)27-14(8)13(11)16(23)24;/h1-2,9-10,25H,3-7,18H2,(H2,19,22)(H,23,24);1H/t10-;/m0./s1. The van der Waals surface area contributed by atoms with Gasteiger partial charge < -0.3 is 35.9 Å². The highest BCUT2D eigenvalue weighted by molar-refractivity contribution is 6.44. The van der Waals surface area contributed by atoms with Crippen molar-refractivity contribution in [1.29, 1.82) is 0 Å². The van der Waals surface area contributed by atoms with Crippen LogP contribution in [-0.2, 0) is 16.0 Å². The number of halogens is 1. The van der Waals surface area contributed by atoms with E-state index in [-0.39, 0.29) is 54.9 Å². The molecule has 0 bridgehead atoms. The summed E-state index contributed by atoms with van der Waals surface area (Å²) in [6.07, 6.45) is 0.304. The third-order valence-corrected chi connectivity index (χ3v) is 4.58. The molecule has 10 nitrogen and oxygen atoms in total. The van der Waals surface area contributed by atoms with E-state index in [2.05, 4.69) is 0 Å². The van der Waals surface area contributed by atoms with Crippen LogP contribution in [0.15, 0.2) is 12.1 Å². The second kappa shape index (κ2) is 8.67. The van der Waals surface area contributed by atoms with Crippen LogP contribution in [0.3, 0.4) is 0 Å². The Morgan fingerprint density at radius 3 is 2.64 bits per heavy atom. The molecule has 1 atom stereocenters. The molecule has 0 radical (unpaired) electrons. The normalized spacial score (nSPS) is 16.8. The van der Waals surface area contributed by atoms with Gasteiger partial charge in [0.25, 0.3) is 0 Å². The molecule has 12 heteroatoms. The van der Waals surface area contributed by atoms with Crippen molar-refractivity contribution in [3.8, 4) is 11.5 Å². The Hall–Kier alpha value is -2.50. The number of amides is 2. The number of nitrogens with zero attached hydrogens (tertiary/aromatic N) is 1. The van der Waals surface area contributed by atoms with Crippen molar-refractivity contribution in [2.24, 2.45) is 11.5 Å². The van der Waals surface area contributed by atoms with E-state index < -0.39 is 31.1 Å². The molecule has 6 N–H and O–H groups in total. The van der Waals surface area contributed by atoms with Crippen molar-refractivity contribution < 1.29 is 33.9 Å². The summed E-state index contributed by atoms with van der Waals surface area (Å²) in [5, 5.41) is 19.2. The van der Waals surface area contributed by atoms with Crippen LogP contribution in [0.1, 0.15) is 22.3 Å². The fraction of sp³-hybridized carbons (Fsp3) is 0.438. The molecule has 1 fully saturated rings. The Kier molecular flexibility index (Phi) is 6.75. The summed E-state index contributed by atoms with van der Waals surface area (Å²) in [6.45, 7) is 0.480. The second-order valence-electron chi connectivity index (χ2n) is 6.59. The van der Waals surface area contributed by atoms with Gasteiger partial charge in [-0.25, -0.2) is 4.79 Å². The minimum absolute atomic E-state index is 0. The number of aromatic carboxylic acids is 1. The van der Waals surface area contributed by atoms with Crippen LogP contribution in [-0.4, -0.2) is 65.2 Å². The highest BCUT2D eigenvalue weighted by Gasteiger charge is 2.36. The molecule has 0 spiro atoms. The van der Waals surface area contributed by atoms with E-state index >= 15 is 0 Å². The lowest BCUT2D eigenvalue weighted by Gasteiger charge is -2.39. The topological polar surface area (TPSA) is 165 Å². The average molecular weight is 414 g/mol. The number of ether oxygens (including phenoxy) is 1. The number of carbonyl (C=O) groups excluding carboxylic acids is 2. The molecule has 2 aliphatic rings. The van der Waals surface area contributed by atoms with Crippen molar-refractivity contribution in [2.45, 2.75) is 31.3 Å². The summed E-state index contributed by atoms with van der Waals surface area (Å²) in [7, 11) is -1.06. The van der Waals surface area contributed by atoms with Crippen LogP contribution in [0.25, 0.3) is 0 Å². The smallest absolute Gasteiger partial charge is 0.522 e. The highest BCUT2D eigenvalue weighted by atomic mass is 35.5. The van der Waals surface area contributed by atoms with Gasteiger partial charge in [-0.05, 0) is 24.4 Å². The Balaban J connectivity index is 0.00000280. The maximum absolute atomic E-state index is 12.0. The van der Waals surface area contributed by atoms with Crippen LogP contribution in [0.2, 0.25) is 6.32 Å². The molecule has 0 unspecified atom stereocenters. The first-order valence-corrected chi connectivity index (χ1v) is 8.49. The molecule has 2 amide bonds. The maximum Gasteiger partial charge on any atom is 0.522 e. The molecule has 2 aliphatic heterocycles. The van der Waals surface area contributed by atoms with Crippen molar-refractivity contribution in [2.75, 3.05) is 13.1 Å². The molecule has 0 aliphatic carbocycles. The largest absolute Gasteiger partial charge is 0.535 e. The maximum atomic E-state index is 12.0. The Labute approximate surface area is 167 Å². The first-order chi connectivity index (χ1) is 12.8. The molecule has 0 aromatic heterocycles. The van der Waals surface area contributed by atoms with Crippen molar-refractivity contribution in [3.63, 3.8) is 0 Å². The Morgan fingerprint density at radius 1 is 1.36 bits per heavy atom. The van der Waals surface area contributed by atoms with Crippen LogP contribution >= 0.6 is 12.4 Å². The minimum atomic E-state index is -1.23. The number of aryl methyl sites for hydroxylation is 1. The second-order valence-corrected chi connectivity index (χ2v) is 6.59. The number of likely N-dealkylation sites (tertiary alicyclic amines) is 1. The monoisotopic (exact) mass is 413 g/mol. The number of carboxylic acid groups (broad SMARTS) is 1. The summed E-state index contributed by atoms with van der Waals surface area (Å²) < 4.78 is 11.0. The molecular formula is C16H21BClN3O7. The number of hydrogen-bond acceptors (Lipinski definition) is 7. The minimum Gasteiger partial charge on any atom is -0.535 e. The Morgan fingerprint density at radius 2 is 2.04 bits per heavy atom. The lowest BCUT2D eigenvalue weighted by atomic mass is 9.78. The van der Waals surface area contributed by atoms with E-state index in [1.54, 1.807) is 12.1 Å². The van der Waals surface area contributed by atoms with Gasteiger partial charge in [0, 0.05) is 0 Å². The van der Waals surface area contributed by atoms with Gasteiger partial charge in [-0.1, -0.05) is 6.07 Å². The number of carboxylic acids is 1. The predicted molar refractivity (Wildman–Crippen MR) is 101 cm³/mol. The van der Waals surface area contributed by atoms with Gasteiger partial charge in [-0.3, -0.25) is 9.59 Å². The first-order valence-electron chi connectivity index (χ1n) is 8.49. The first kappa shape index (κ1) is 21.8. The summed E-state index contributed by atoms with van der Waals surface area (Å²) in [5.74, 6) is -2.08. The van der Waals surface area contributed by atoms with Crippen molar-refractivity contribution in [3.05, 3.63) is 23.3 Å². The molecule has 3 rings (SSSR count). The molecule has 28 heavy (non-hydrogen) atoms. The fourth-order valence-corrected chi connectivity index (χ4v) is 3.03. The number of hydrogen-bond donors (Lipinski definition) is 4. The molecule has 152 valence electrons. The number of carbonyl (C=O) groups is 3. The zero-order valence-corrected chi connectivity index (χ0v) is 15.7. The predicted octanol–water partition coefficient (Wildman–Crippen LogP) is -0.986. The van der Waals surface area contributed by atoms with E-state index in [0.29, 0.717) is 18.3 Å². The van der Waals surface area contributed by atoms with Crippen LogP contribution in [0.4, 0.5) is 0 Å². The lowest BCUT2D eigenvalue weighted by Crippen LogP contribution is -2.57. The lowest BCUT2D eigenvalue weighted by molar-refractivity contribution is -0.141. The van der Waals surface area contributed by atoms with Gasteiger partial charge in [0.1, 0.15) is 23.2 Å². The van der Waals surface area contributed by atoms with E-state index in [0.717, 1.165) is 0 Å². The van der Waals surface area contributed by atoms with E-state index in [9.17, 15) is 24.5 Å². The summed E-state index contributed by atoms with van der Waals surface area (Å²) >= 11 is 0. The van der Waals surface area contributed by atoms with Crippen molar-refractivity contribution in [1.82, 2.24) is 4.90 Å². The van der Waals surface area contributed by atoms with E-state index in [1.165, 1.54) is 4.90 Å². The van der Waals surface area contributed by atoms with Crippen LogP contribution in [0.5, 0.6) is 11.5 Å². The number of primary amides is 1. The third kappa shape index (κ3) is 4.49. The molecule has 0 saturated carbocycles. The number of fused-ring (bicyclic) bond motifs is 1. The van der Waals surface area contributed by atoms with Gasteiger partial charge in [0.2, 0.25) is 11.8 Å². The quantitative estimate of drug-likeness (QED) is 0.432. The van der Waals surface area contributed by atoms with E-state index in [1.807, 2.05) is 0 Å². The van der Waals surface area contributed by atoms with Crippen LogP contribution in [0, 0.1) is 0 Å². The third-order valence-electron chi connectivity index (χ3n) is 4.58. The van der Waals surface area contributed by atoms with Gasteiger partial charge >= 0.3 is 13.1 Å². The fourth-order valence-electron chi connectivity index (χ4n) is 3.03. The van der Waals surface area contributed by atoms with Gasteiger partial charge in [0.05, 0.1) is 25.6 Å². The molecular weight excluding hydrogens is 392 g/mol. The van der Waals surface area contributed by atoms with Gasteiger partial charge in [-0.15, -0.1) is 12.4 Å². The Bertz CT molecular complexity index is 788. The summed E-state index contributed by atoms with van der Waals surface area (Å²) in [5.41, 5.74) is 11.1. The molecule has 1 saturated heterocycles. The number of rotatable bonds is 6. The SMILES string of the molecule is Cl.NC(=O)[C@@H](N)CC(=O)N1CC(Oc2ccc3c(c2C(=O)O)OB(O)CC3)C1. The highest BCUT2D eigenvalue weighted by Crippen LogP contribution is 2.37. The van der Waals surface area contributed by atoms with Gasteiger partial charge in [0.15, 0.2) is 0 Å². The average Bonchev–Trinajstić information content (AvgIpc) is 2.56. The van der Waals surface area contributed by atoms with Crippen molar-refractivity contribution >= 4 is 37.3 Å². The number of nitrogens with two attached hydrogens (primary N) is 2. The number of benzene rings is 1. The van der Waals surface area contributed by atoms with E-state index in [4.69, 9.17) is 20.9 Å². The summed E-state index contributed by atoms with van der Waals surface area (Å²) in [4.78, 5) is 36.0. The summed E-state index contributed by atoms with van der Waals surface area (Å²) in [6, 6.07) is 2.22. The molecule has 2 heterocycles. The molecule has 1 aromatic rings. The van der Waals surface area contributed by atoms with Gasteiger partial charge in [-0.2, -0.15) is 0 Å².